The Kier molecular flexibility index (Phi) is 2.98. The zero-order chi connectivity index (χ0) is 12.6. The summed E-state index contributed by atoms with van der Waals surface area (Å²) in [5.74, 6) is 5.53. The molecule has 3 N–H and O–H groups in total. The molecule has 0 saturated heterocycles. The number of benzene rings is 1. The van der Waals surface area contributed by atoms with Gasteiger partial charge >= 0.3 is 0 Å². The van der Waals surface area contributed by atoms with Gasteiger partial charge in [-0.05, 0) is 31.0 Å². The monoisotopic (exact) mass is 233 g/mol. The molecule has 0 aliphatic carbocycles. The number of fused-ring (bicyclic) bond motifs is 1. The van der Waals surface area contributed by atoms with Crippen molar-refractivity contribution in [2.24, 2.45) is 5.84 Å². The van der Waals surface area contributed by atoms with Crippen LogP contribution >= 0.6 is 0 Å². The van der Waals surface area contributed by atoms with Gasteiger partial charge in [0.1, 0.15) is 5.82 Å². The number of anilines is 1. The molecule has 2 rings (SSSR count). The molecule has 0 aliphatic rings. The van der Waals surface area contributed by atoms with Crippen molar-refractivity contribution in [1.82, 2.24) is 4.98 Å². The van der Waals surface area contributed by atoms with Crippen molar-refractivity contribution in [2.45, 2.75) is 26.7 Å². The van der Waals surface area contributed by atoms with Crippen LogP contribution in [0.4, 0.5) is 10.1 Å². The number of nitrogen functional groups attached to an aromatic ring is 1. The SMILES string of the molecule is Cc1c(F)ccc2c(NN)cc(C(C)C)nc12. The number of pyridine rings is 1. The molecule has 0 amide bonds. The van der Waals surface area contributed by atoms with Gasteiger partial charge in [-0.2, -0.15) is 0 Å². The van der Waals surface area contributed by atoms with E-state index in [4.69, 9.17) is 5.84 Å². The van der Waals surface area contributed by atoms with Crippen molar-refractivity contribution in [3.8, 4) is 0 Å². The Morgan fingerprint density at radius 2 is 2.06 bits per heavy atom. The molecular weight excluding hydrogens is 217 g/mol. The van der Waals surface area contributed by atoms with Crippen LogP contribution < -0.4 is 11.3 Å². The summed E-state index contributed by atoms with van der Waals surface area (Å²) in [6.07, 6.45) is 0. The van der Waals surface area contributed by atoms with Crippen molar-refractivity contribution >= 4 is 16.6 Å². The molecule has 0 atom stereocenters. The van der Waals surface area contributed by atoms with Crippen molar-refractivity contribution in [3.63, 3.8) is 0 Å². The second-order valence-corrected chi connectivity index (χ2v) is 4.46. The number of nitrogens with one attached hydrogen (secondary N) is 1. The van der Waals surface area contributed by atoms with Gasteiger partial charge in [-0.15, -0.1) is 0 Å². The van der Waals surface area contributed by atoms with Gasteiger partial charge in [0.2, 0.25) is 0 Å². The largest absolute Gasteiger partial charge is 0.323 e. The highest BCUT2D eigenvalue weighted by molar-refractivity contribution is 5.93. The number of nitrogens with two attached hydrogens (primary N) is 1. The fourth-order valence-corrected chi connectivity index (χ4v) is 1.84. The van der Waals surface area contributed by atoms with Crippen molar-refractivity contribution < 1.29 is 4.39 Å². The average Bonchev–Trinajstić information content (AvgIpc) is 2.32. The lowest BCUT2D eigenvalue weighted by atomic mass is 10.0. The zero-order valence-corrected chi connectivity index (χ0v) is 10.2. The highest BCUT2D eigenvalue weighted by atomic mass is 19.1. The predicted octanol–water partition coefficient (Wildman–Crippen LogP) is 3.09. The van der Waals surface area contributed by atoms with E-state index in [1.54, 1.807) is 13.0 Å². The molecule has 0 saturated carbocycles. The molecule has 1 aromatic heterocycles. The number of aromatic nitrogens is 1. The van der Waals surface area contributed by atoms with E-state index < -0.39 is 0 Å². The minimum absolute atomic E-state index is 0.242. The van der Waals surface area contributed by atoms with Gasteiger partial charge in [-0.3, -0.25) is 10.8 Å². The van der Waals surface area contributed by atoms with E-state index in [0.29, 0.717) is 11.1 Å². The lowest BCUT2D eigenvalue weighted by molar-refractivity contribution is 0.620. The van der Waals surface area contributed by atoms with Crippen molar-refractivity contribution in [1.29, 1.82) is 0 Å². The minimum Gasteiger partial charge on any atom is -0.323 e. The Morgan fingerprint density at radius 3 is 2.65 bits per heavy atom. The van der Waals surface area contributed by atoms with Crippen LogP contribution in [0.25, 0.3) is 10.9 Å². The Morgan fingerprint density at radius 1 is 1.35 bits per heavy atom. The summed E-state index contributed by atoms with van der Waals surface area (Å²) in [5.41, 5.74) is 5.56. The van der Waals surface area contributed by atoms with Crippen LogP contribution in [0, 0.1) is 12.7 Å². The van der Waals surface area contributed by atoms with Crippen LogP contribution in [0.1, 0.15) is 31.0 Å². The third-order valence-corrected chi connectivity index (χ3v) is 2.94. The van der Waals surface area contributed by atoms with Gasteiger partial charge < -0.3 is 5.43 Å². The number of hydrogen-bond donors (Lipinski definition) is 2. The molecule has 0 aliphatic heterocycles. The summed E-state index contributed by atoms with van der Waals surface area (Å²) in [4.78, 5) is 4.51. The summed E-state index contributed by atoms with van der Waals surface area (Å²) in [5, 5.41) is 0.843. The maximum atomic E-state index is 13.5. The van der Waals surface area contributed by atoms with Crippen LogP contribution in [0.3, 0.4) is 0 Å². The first-order valence-electron chi connectivity index (χ1n) is 5.61. The standard InChI is InChI=1S/C13H16FN3/c1-7(2)11-6-12(17-15)9-4-5-10(14)8(3)13(9)16-11/h4-7H,15H2,1-3H3,(H,16,17). The lowest BCUT2D eigenvalue weighted by Crippen LogP contribution is -2.09. The normalized spacial score (nSPS) is 11.2. The number of rotatable bonds is 2. The number of hydrogen-bond acceptors (Lipinski definition) is 3. The fraction of sp³-hybridized carbons (Fsp3) is 0.308. The minimum atomic E-state index is -0.242. The molecule has 0 bridgehead atoms. The summed E-state index contributed by atoms with van der Waals surface area (Å²) < 4.78 is 13.5. The van der Waals surface area contributed by atoms with Crippen LogP contribution in [0.2, 0.25) is 0 Å². The molecule has 1 heterocycles. The first-order chi connectivity index (χ1) is 8.04. The molecule has 0 radical (unpaired) electrons. The van der Waals surface area contributed by atoms with E-state index in [-0.39, 0.29) is 11.7 Å². The zero-order valence-electron chi connectivity index (χ0n) is 10.2. The molecule has 90 valence electrons. The quantitative estimate of drug-likeness (QED) is 0.619. The van der Waals surface area contributed by atoms with Gasteiger partial charge in [0.15, 0.2) is 0 Å². The summed E-state index contributed by atoms with van der Waals surface area (Å²) in [6.45, 7) is 5.82. The highest BCUT2D eigenvalue weighted by Crippen LogP contribution is 2.28. The Labute approximate surface area is 99.8 Å². The number of aryl methyl sites for hydroxylation is 1. The first kappa shape index (κ1) is 11.8. The van der Waals surface area contributed by atoms with Crippen molar-refractivity contribution in [3.05, 3.63) is 35.3 Å². The molecule has 4 heteroatoms. The Hall–Kier alpha value is -1.68. The summed E-state index contributed by atoms with van der Waals surface area (Å²) in [6, 6.07) is 5.05. The molecule has 2 aromatic rings. The van der Waals surface area contributed by atoms with Gasteiger partial charge in [-0.1, -0.05) is 13.8 Å². The van der Waals surface area contributed by atoms with Crippen LogP contribution in [-0.2, 0) is 0 Å². The molecular formula is C13H16FN3. The molecule has 0 spiro atoms. The third-order valence-electron chi connectivity index (χ3n) is 2.94. The molecule has 1 aromatic carbocycles. The van der Waals surface area contributed by atoms with E-state index in [9.17, 15) is 4.39 Å². The predicted molar refractivity (Wildman–Crippen MR) is 68.3 cm³/mol. The number of hydrazine groups is 1. The Bertz CT molecular complexity index is 564. The number of halogens is 1. The summed E-state index contributed by atoms with van der Waals surface area (Å²) >= 11 is 0. The van der Waals surface area contributed by atoms with Crippen molar-refractivity contribution in [2.75, 3.05) is 5.43 Å². The molecule has 17 heavy (non-hydrogen) atoms. The lowest BCUT2D eigenvalue weighted by Gasteiger charge is -2.12. The summed E-state index contributed by atoms with van der Waals surface area (Å²) in [7, 11) is 0. The second kappa shape index (κ2) is 4.30. The molecule has 3 nitrogen and oxygen atoms in total. The highest BCUT2D eigenvalue weighted by Gasteiger charge is 2.11. The molecule has 0 fully saturated rings. The second-order valence-electron chi connectivity index (χ2n) is 4.46. The van der Waals surface area contributed by atoms with Gasteiger partial charge in [0.05, 0.1) is 11.2 Å². The Balaban J connectivity index is 2.83. The van der Waals surface area contributed by atoms with Crippen LogP contribution in [0.5, 0.6) is 0 Å². The van der Waals surface area contributed by atoms with E-state index >= 15 is 0 Å². The van der Waals surface area contributed by atoms with E-state index in [0.717, 1.165) is 16.8 Å². The fourth-order valence-electron chi connectivity index (χ4n) is 1.84. The van der Waals surface area contributed by atoms with Gasteiger partial charge in [0, 0.05) is 16.6 Å². The smallest absolute Gasteiger partial charge is 0.128 e. The van der Waals surface area contributed by atoms with E-state index in [1.807, 2.05) is 19.9 Å². The molecule has 0 unspecified atom stereocenters. The maximum absolute atomic E-state index is 13.5. The van der Waals surface area contributed by atoms with E-state index in [2.05, 4.69) is 10.4 Å². The van der Waals surface area contributed by atoms with Gasteiger partial charge in [-0.25, -0.2) is 4.39 Å². The van der Waals surface area contributed by atoms with Crippen LogP contribution in [0.15, 0.2) is 18.2 Å². The third kappa shape index (κ3) is 1.96. The van der Waals surface area contributed by atoms with E-state index in [1.165, 1.54) is 6.07 Å². The maximum Gasteiger partial charge on any atom is 0.128 e. The van der Waals surface area contributed by atoms with Crippen LogP contribution in [-0.4, -0.2) is 4.98 Å². The topological polar surface area (TPSA) is 50.9 Å². The average molecular weight is 233 g/mol. The first-order valence-corrected chi connectivity index (χ1v) is 5.61. The van der Waals surface area contributed by atoms with Gasteiger partial charge in [0.25, 0.3) is 0 Å². The number of nitrogens with zero attached hydrogens (tertiary/aromatic N) is 1.